The molecule has 114 valence electrons. The van der Waals surface area contributed by atoms with E-state index in [0.29, 0.717) is 5.56 Å². The van der Waals surface area contributed by atoms with Crippen molar-refractivity contribution in [3.8, 4) is 0 Å². The van der Waals surface area contributed by atoms with Crippen molar-refractivity contribution < 1.29 is 14.8 Å². The SMILES string of the molecule is CNC(=O)C1CCN(c2ccc([N+](=O)[O-])c(CO)c2)CC1. The molecule has 21 heavy (non-hydrogen) atoms. The number of nitrogens with zero attached hydrogens (tertiary/aromatic N) is 2. The van der Waals surface area contributed by atoms with Crippen LogP contribution in [0, 0.1) is 16.0 Å². The average molecular weight is 293 g/mol. The molecule has 0 unspecified atom stereocenters. The Morgan fingerprint density at radius 2 is 2.14 bits per heavy atom. The summed E-state index contributed by atoms with van der Waals surface area (Å²) in [6, 6.07) is 4.77. The lowest BCUT2D eigenvalue weighted by atomic mass is 9.95. The van der Waals surface area contributed by atoms with Gasteiger partial charge in [0.15, 0.2) is 0 Å². The first-order valence-corrected chi connectivity index (χ1v) is 6.91. The molecule has 1 amide bonds. The Hall–Kier alpha value is -2.15. The normalized spacial score (nSPS) is 15.8. The molecule has 1 fully saturated rings. The van der Waals surface area contributed by atoms with E-state index in [1.54, 1.807) is 19.2 Å². The van der Waals surface area contributed by atoms with Crippen LogP contribution in [0.25, 0.3) is 0 Å². The van der Waals surface area contributed by atoms with Crippen LogP contribution in [0.5, 0.6) is 0 Å². The van der Waals surface area contributed by atoms with Gasteiger partial charge in [0.05, 0.1) is 17.1 Å². The quantitative estimate of drug-likeness (QED) is 0.639. The van der Waals surface area contributed by atoms with E-state index < -0.39 is 4.92 Å². The molecule has 1 aromatic carbocycles. The molecule has 1 saturated heterocycles. The molecule has 1 aliphatic heterocycles. The first-order valence-electron chi connectivity index (χ1n) is 6.91. The van der Waals surface area contributed by atoms with Gasteiger partial charge < -0.3 is 15.3 Å². The van der Waals surface area contributed by atoms with Gasteiger partial charge in [0.1, 0.15) is 0 Å². The highest BCUT2D eigenvalue weighted by Gasteiger charge is 2.25. The highest BCUT2D eigenvalue weighted by molar-refractivity contribution is 5.78. The van der Waals surface area contributed by atoms with Crippen molar-refractivity contribution >= 4 is 17.3 Å². The number of nitro benzene ring substituents is 1. The Labute approximate surface area is 122 Å². The Morgan fingerprint density at radius 1 is 1.48 bits per heavy atom. The van der Waals surface area contributed by atoms with Crippen molar-refractivity contribution in [1.29, 1.82) is 0 Å². The molecule has 7 heteroatoms. The maximum absolute atomic E-state index is 11.6. The molecule has 7 nitrogen and oxygen atoms in total. The second-order valence-corrected chi connectivity index (χ2v) is 5.10. The van der Waals surface area contributed by atoms with E-state index in [1.807, 2.05) is 0 Å². The van der Waals surface area contributed by atoms with Crippen LogP contribution in [-0.2, 0) is 11.4 Å². The van der Waals surface area contributed by atoms with Gasteiger partial charge in [0, 0.05) is 37.8 Å². The van der Waals surface area contributed by atoms with Gasteiger partial charge in [-0.15, -0.1) is 0 Å². The number of aliphatic hydroxyl groups is 1. The highest BCUT2D eigenvalue weighted by atomic mass is 16.6. The van der Waals surface area contributed by atoms with Crippen LogP contribution in [-0.4, -0.2) is 36.1 Å². The number of benzene rings is 1. The average Bonchev–Trinajstić information content (AvgIpc) is 2.53. The van der Waals surface area contributed by atoms with E-state index in [4.69, 9.17) is 0 Å². The third-order valence-corrected chi connectivity index (χ3v) is 3.91. The van der Waals surface area contributed by atoms with E-state index in [-0.39, 0.29) is 24.1 Å². The van der Waals surface area contributed by atoms with Gasteiger partial charge in [-0.05, 0) is 25.0 Å². The van der Waals surface area contributed by atoms with Gasteiger partial charge in [0.2, 0.25) is 5.91 Å². The highest BCUT2D eigenvalue weighted by Crippen LogP contribution is 2.28. The number of nitrogens with one attached hydrogen (secondary N) is 1. The Bertz CT molecular complexity index is 539. The van der Waals surface area contributed by atoms with Crippen LogP contribution >= 0.6 is 0 Å². The maximum atomic E-state index is 11.6. The summed E-state index contributed by atoms with van der Waals surface area (Å²) < 4.78 is 0. The minimum atomic E-state index is -0.493. The van der Waals surface area contributed by atoms with Crippen molar-refractivity contribution in [2.24, 2.45) is 5.92 Å². The predicted octanol–water partition coefficient (Wildman–Crippen LogP) is 1.05. The van der Waals surface area contributed by atoms with E-state index in [0.717, 1.165) is 31.6 Å². The number of nitro groups is 1. The van der Waals surface area contributed by atoms with Crippen LogP contribution in [0.15, 0.2) is 18.2 Å². The molecule has 1 heterocycles. The Balaban J connectivity index is 2.10. The van der Waals surface area contributed by atoms with E-state index in [1.165, 1.54) is 6.07 Å². The van der Waals surface area contributed by atoms with Gasteiger partial charge in [-0.2, -0.15) is 0 Å². The second kappa shape index (κ2) is 6.53. The third-order valence-electron chi connectivity index (χ3n) is 3.91. The molecule has 0 spiro atoms. The predicted molar refractivity (Wildman–Crippen MR) is 78.0 cm³/mol. The summed E-state index contributed by atoms with van der Waals surface area (Å²) >= 11 is 0. The lowest BCUT2D eigenvalue weighted by Crippen LogP contribution is -2.39. The number of amides is 1. The van der Waals surface area contributed by atoms with Crippen LogP contribution in [0.1, 0.15) is 18.4 Å². The van der Waals surface area contributed by atoms with Gasteiger partial charge in [-0.1, -0.05) is 0 Å². The summed E-state index contributed by atoms with van der Waals surface area (Å²) in [6.07, 6.45) is 1.51. The van der Waals surface area contributed by atoms with Crippen LogP contribution < -0.4 is 10.2 Å². The molecule has 2 N–H and O–H groups in total. The van der Waals surface area contributed by atoms with Crippen LogP contribution in [0.3, 0.4) is 0 Å². The topological polar surface area (TPSA) is 95.7 Å². The fraction of sp³-hybridized carbons (Fsp3) is 0.500. The number of anilines is 1. The molecule has 0 radical (unpaired) electrons. The summed E-state index contributed by atoms with van der Waals surface area (Å²) in [7, 11) is 1.64. The minimum absolute atomic E-state index is 0.0293. The van der Waals surface area contributed by atoms with Crippen molar-refractivity contribution in [2.45, 2.75) is 19.4 Å². The molecule has 0 atom stereocenters. The molecule has 1 aromatic rings. The summed E-state index contributed by atoms with van der Waals surface area (Å²) in [4.78, 5) is 24.0. The largest absolute Gasteiger partial charge is 0.391 e. The number of piperidine rings is 1. The molecule has 1 aliphatic rings. The molecular formula is C14H19N3O4. The molecule has 2 rings (SSSR count). The monoisotopic (exact) mass is 293 g/mol. The zero-order valence-corrected chi connectivity index (χ0v) is 11.9. The number of hydrogen-bond donors (Lipinski definition) is 2. The molecular weight excluding hydrogens is 274 g/mol. The molecule has 0 saturated carbocycles. The lowest BCUT2D eigenvalue weighted by molar-refractivity contribution is -0.385. The Kier molecular flexibility index (Phi) is 4.74. The maximum Gasteiger partial charge on any atom is 0.275 e. The van der Waals surface area contributed by atoms with Crippen molar-refractivity contribution in [3.63, 3.8) is 0 Å². The summed E-state index contributed by atoms with van der Waals surface area (Å²) in [5.74, 6) is 0.0935. The third kappa shape index (κ3) is 3.30. The number of hydrogen-bond acceptors (Lipinski definition) is 5. The van der Waals surface area contributed by atoms with Crippen LogP contribution in [0.4, 0.5) is 11.4 Å². The molecule has 0 bridgehead atoms. The fourth-order valence-corrected chi connectivity index (χ4v) is 2.68. The van der Waals surface area contributed by atoms with Gasteiger partial charge in [0.25, 0.3) is 5.69 Å². The number of carbonyl (C=O) groups is 1. The van der Waals surface area contributed by atoms with E-state index >= 15 is 0 Å². The number of aliphatic hydroxyl groups excluding tert-OH is 1. The standard InChI is InChI=1S/C14H19N3O4/c1-15-14(19)10-4-6-16(7-5-10)12-2-3-13(17(20)21)11(8-12)9-18/h2-3,8,10,18H,4-7,9H2,1H3,(H,15,19). The van der Waals surface area contributed by atoms with Crippen molar-refractivity contribution in [1.82, 2.24) is 5.32 Å². The lowest BCUT2D eigenvalue weighted by Gasteiger charge is -2.33. The Morgan fingerprint density at radius 3 is 2.67 bits per heavy atom. The van der Waals surface area contributed by atoms with Gasteiger partial charge >= 0.3 is 0 Å². The van der Waals surface area contributed by atoms with Crippen molar-refractivity contribution in [2.75, 3.05) is 25.0 Å². The first kappa shape index (κ1) is 15.2. The van der Waals surface area contributed by atoms with E-state index in [2.05, 4.69) is 10.2 Å². The zero-order chi connectivity index (χ0) is 15.4. The molecule has 0 aliphatic carbocycles. The second-order valence-electron chi connectivity index (χ2n) is 5.10. The molecule has 0 aromatic heterocycles. The smallest absolute Gasteiger partial charge is 0.275 e. The van der Waals surface area contributed by atoms with Crippen LogP contribution in [0.2, 0.25) is 0 Å². The van der Waals surface area contributed by atoms with E-state index in [9.17, 15) is 20.0 Å². The summed E-state index contributed by atoms with van der Waals surface area (Å²) in [5.41, 5.74) is 1.09. The van der Waals surface area contributed by atoms with Gasteiger partial charge in [-0.3, -0.25) is 14.9 Å². The van der Waals surface area contributed by atoms with Gasteiger partial charge in [-0.25, -0.2) is 0 Å². The fourth-order valence-electron chi connectivity index (χ4n) is 2.68. The zero-order valence-electron chi connectivity index (χ0n) is 11.9. The van der Waals surface area contributed by atoms with Crippen molar-refractivity contribution in [3.05, 3.63) is 33.9 Å². The number of carbonyl (C=O) groups excluding carboxylic acids is 1. The first-order chi connectivity index (χ1) is 10.1. The summed E-state index contributed by atoms with van der Waals surface area (Å²) in [6.45, 7) is 1.08. The summed E-state index contributed by atoms with van der Waals surface area (Å²) in [5, 5.41) is 22.8. The number of rotatable bonds is 4. The minimum Gasteiger partial charge on any atom is -0.391 e.